The fourth-order valence-corrected chi connectivity index (χ4v) is 3.39. The van der Waals surface area contributed by atoms with Crippen LogP contribution in [0.4, 0.5) is 17.6 Å². The average molecular weight is 543 g/mol. The van der Waals surface area contributed by atoms with Gasteiger partial charge in [-0.3, -0.25) is 4.21 Å². The number of nitrogens with one attached hydrogen (secondary N) is 2. The second-order valence-electron chi connectivity index (χ2n) is 5.78. The first-order valence-corrected chi connectivity index (χ1v) is 9.94. The number of hydrogen-bond donors (Lipinski definition) is 2. The van der Waals surface area contributed by atoms with Gasteiger partial charge in [-0.1, -0.05) is 24.3 Å². The first-order valence-electron chi connectivity index (χ1n) is 8.62. The lowest BCUT2D eigenvalue weighted by Crippen LogP contribution is -2.39. The third-order valence-electron chi connectivity index (χ3n) is 3.72. The van der Waals surface area contributed by atoms with Gasteiger partial charge in [0, 0.05) is 23.7 Å². The molecule has 0 bridgehead atoms. The lowest BCUT2D eigenvalue weighted by atomic mass is 10.1. The summed E-state index contributed by atoms with van der Waals surface area (Å²) in [6, 6.07) is 11.5. The molecule has 10 heteroatoms. The Morgan fingerprint density at radius 2 is 1.79 bits per heavy atom. The highest BCUT2D eigenvalue weighted by molar-refractivity contribution is 14.0. The van der Waals surface area contributed by atoms with Crippen LogP contribution >= 0.6 is 24.0 Å². The van der Waals surface area contributed by atoms with Crippen LogP contribution in [0.3, 0.4) is 0 Å². The van der Waals surface area contributed by atoms with Crippen molar-refractivity contribution in [1.29, 1.82) is 0 Å². The molecule has 2 aromatic carbocycles. The van der Waals surface area contributed by atoms with Crippen LogP contribution in [0.5, 0.6) is 0 Å². The quantitative estimate of drug-likeness (QED) is 0.237. The third kappa shape index (κ3) is 8.29. The molecule has 1 atom stereocenters. The molecule has 160 valence electrons. The monoisotopic (exact) mass is 543 g/mol. The molecule has 0 saturated carbocycles. The smallest absolute Gasteiger partial charge is 0.357 e. The second-order valence-corrected chi connectivity index (χ2v) is 7.35. The Balaban J connectivity index is 0.00000420. The first kappa shape index (κ1) is 25.3. The van der Waals surface area contributed by atoms with Gasteiger partial charge in [-0.15, -0.1) is 24.0 Å². The van der Waals surface area contributed by atoms with Crippen molar-refractivity contribution < 1.29 is 21.8 Å². The van der Waals surface area contributed by atoms with E-state index in [0.29, 0.717) is 35.8 Å². The molecule has 1 unspecified atom stereocenters. The van der Waals surface area contributed by atoms with Gasteiger partial charge < -0.3 is 10.6 Å². The van der Waals surface area contributed by atoms with Crippen LogP contribution in [0.25, 0.3) is 0 Å². The molecular weight excluding hydrogens is 521 g/mol. The summed E-state index contributed by atoms with van der Waals surface area (Å²) in [6.07, 6.45) is -4.66. The van der Waals surface area contributed by atoms with E-state index in [9.17, 15) is 21.8 Å². The Morgan fingerprint density at radius 3 is 2.41 bits per heavy atom. The third-order valence-corrected chi connectivity index (χ3v) is 5.09. The van der Waals surface area contributed by atoms with Crippen molar-refractivity contribution in [3.8, 4) is 0 Å². The van der Waals surface area contributed by atoms with E-state index in [-0.39, 0.29) is 36.1 Å². The van der Waals surface area contributed by atoms with Crippen LogP contribution in [-0.2, 0) is 23.5 Å². The van der Waals surface area contributed by atoms with E-state index in [1.54, 1.807) is 24.3 Å². The summed E-state index contributed by atoms with van der Waals surface area (Å²) in [4.78, 5) is 4.83. The summed E-state index contributed by atoms with van der Waals surface area (Å²) in [5.74, 6) is -0.336. The first-order chi connectivity index (χ1) is 13.3. The lowest BCUT2D eigenvalue weighted by Gasteiger charge is -2.14. The van der Waals surface area contributed by atoms with Gasteiger partial charge in [-0.2, -0.15) is 13.2 Å². The van der Waals surface area contributed by atoms with E-state index in [0.717, 1.165) is 12.1 Å². The van der Waals surface area contributed by atoms with Crippen molar-refractivity contribution >= 4 is 40.7 Å². The SMILES string of the molecule is CCNC(=NCc1ccc(F)cc1C(F)(F)F)NCCS(=O)c1ccccc1.I. The fourth-order valence-electron chi connectivity index (χ4n) is 2.41. The van der Waals surface area contributed by atoms with Crippen LogP contribution < -0.4 is 10.6 Å². The highest BCUT2D eigenvalue weighted by Crippen LogP contribution is 2.32. The van der Waals surface area contributed by atoms with Crippen LogP contribution in [0.2, 0.25) is 0 Å². The van der Waals surface area contributed by atoms with Crippen LogP contribution in [0.1, 0.15) is 18.1 Å². The van der Waals surface area contributed by atoms with Gasteiger partial charge in [0.1, 0.15) is 5.82 Å². The summed E-state index contributed by atoms with van der Waals surface area (Å²) in [7, 11) is -1.20. The van der Waals surface area contributed by atoms with Gasteiger partial charge in [0.2, 0.25) is 0 Å². The normalized spacial score (nSPS) is 12.8. The van der Waals surface area contributed by atoms with Gasteiger partial charge in [0.25, 0.3) is 0 Å². The van der Waals surface area contributed by atoms with E-state index in [4.69, 9.17) is 0 Å². The number of guanidine groups is 1. The highest BCUT2D eigenvalue weighted by Gasteiger charge is 2.33. The zero-order valence-corrected chi connectivity index (χ0v) is 18.8. The van der Waals surface area contributed by atoms with Crippen molar-refractivity contribution in [3.05, 3.63) is 65.5 Å². The van der Waals surface area contributed by atoms with E-state index in [1.165, 1.54) is 0 Å². The zero-order chi connectivity index (χ0) is 20.6. The number of halogens is 5. The predicted octanol–water partition coefficient (Wildman–Crippen LogP) is 4.33. The lowest BCUT2D eigenvalue weighted by molar-refractivity contribution is -0.138. The molecule has 2 aromatic rings. The van der Waals surface area contributed by atoms with E-state index in [1.807, 2.05) is 13.0 Å². The van der Waals surface area contributed by atoms with Crippen molar-refractivity contribution in [2.24, 2.45) is 4.99 Å². The standard InChI is InChI=1S/C19H21F4N3OS.HI/c1-2-24-18(25-10-11-28(27)16-6-4-3-5-7-16)26-13-14-8-9-15(20)12-17(14)19(21,22)23;/h3-9,12H,2,10-11,13H2,1H3,(H2,24,25,26);1H. The van der Waals surface area contributed by atoms with Gasteiger partial charge in [-0.05, 0) is 36.8 Å². The number of alkyl halides is 3. The molecule has 4 nitrogen and oxygen atoms in total. The molecule has 0 spiro atoms. The Hall–Kier alpha value is -1.69. The summed E-state index contributed by atoms with van der Waals surface area (Å²) in [5, 5.41) is 5.87. The van der Waals surface area contributed by atoms with E-state index < -0.39 is 28.4 Å². The van der Waals surface area contributed by atoms with Gasteiger partial charge in [0.05, 0.1) is 22.9 Å². The Bertz CT molecular complexity index is 832. The molecule has 0 heterocycles. The second kappa shape index (κ2) is 12.1. The molecule has 2 rings (SSSR count). The average Bonchev–Trinajstić information content (AvgIpc) is 2.66. The molecule has 0 amide bonds. The maximum absolute atomic E-state index is 13.2. The minimum atomic E-state index is -4.66. The minimum absolute atomic E-state index is 0. The summed E-state index contributed by atoms with van der Waals surface area (Å²) in [6.45, 7) is 2.37. The molecule has 2 N–H and O–H groups in total. The van der Waals surface area contributed by atoms with Crippen molar-refractivity contribution in [2.45, 2.75) is 24.5 Å². The molecule has 29 heavy (non-hydrogen) atoms. The fraction of sp³-hybridized carbons (Fsp3) is 0.316. The number of aliphatic imine (C=N–C) groups is 1. The molecule has 0 radical (unpaired) electrons. The number of rotatable bonds is 7. The van der Waals surface area contributed by atoms with E-state index >= 15 is 0 Å². The Kier molecular flexibility index (Phi) is 10.6. The number of hydrogen-bond acceptors (Lipinski definition) is 2. The van der Waals surface area contributed by atoms with Crippen LogP contribution in [-0.4, -0.2) is 29.0 Å². The molecule has 0 aliphatic carbocycles. The maximum Gasteiger partial charge on any atom is 0.416 e. The topological polar surface area (TPSA) is 53.5 Å². The van der Waals surface area contributed by atoms with Gasteiger partial charge >= 0.3 is 6.18 Å². The molecule has 0 fully saturated rings. The van der Waals surface area contributed by atoms with Crippen molar-refractivity contribution in [2.75, 3.05) is 18.8 Å². The van der Waals surface area contributed by atoms with Gasteiger partial charge in [0.15, 0.2) is 5.96 Å². The number of nitrogens with zero attached hydrogens (tertiary/aromatic N) is 1. The molecule has 0 aliphatic heterocycles. The van der Waals surface area contributed by atoms with Crippen LogP contribution in [0.15, 0.2) is 58.4 Å². The largest absolute Gasteiger partial charge is 0.416 e. The maximum atomic E-state index is 13.2. The molecular formula is C19H22F4IN3OS. The van der Waals surface area contributed by atoms with Gasteiger partial charge in [-0.25, -0.2) is 9.38 Å². The van der Waals surface area contributed by atoms with Crippen molar-refractivity contribution in [3.63, 3.8) is 0 Å². The summed E-state index contributed by atoms with van der Waals surface area (Å²) >= 11 is 0. The highest BCUT2D eigenvalue weighted by atomic mass is 127. The predicted molar refractivity (Wildman–Crippen MR) is 117 cm³/mol. The van der Waals surface area contributed by atoms with E-state index in [2.05, 4.69) is 15.6 Å². The minimum Gasteiger partial charge on any atom is -0.357 e. The summed E-state index contributed by atoms with van der Waals surface area (Å²) in [5.41, 5.74) is -1.17. The Labute approximate surface area is 186 Å². The molecule has 0 saturated heterocycles. The zero-order valence-electron chi connectivity index (χ0n) is 15.6. The van der Waals surface area contributed by atoms with Crippen molar-refractivity contribution in [1.82, 2.24) is 10.6 Å². The summed E-state index contributed by atoms with van der Waals surface area (Å²) < 4.78 is 64.6. The van der Waals surface area contributed by atoms with Crippen LogP contribution in [0, 0.1) is 5.82 Å². The Morgan fingerprint density at radius 1 is 1.10 bits per heavy atom. The number of benzene rings is 2. The molecule has 0 aromatic heterocycles. The molecule has 0 aliphatic rings.